The Balaban J connectivity index is 3.72. The monoisotopic (exact) mass is 297 g/mol. The highest BCUT2D eigenvalue weighted by atomic mass is 79.9. The van der Waals surface area contributed by atoms with E-state index in [0.29, 0.717) is 0 Å². The van der Waals surface area contributed by atoms with Crippen LogP contribution in [0, 0.1) is 17.1 Å². The molecular weight excluding hydrogens is 297 g/mol. The van der Waals surface area contributed by atoms with Crippen molar-refractivity contribution in [3.8, 4) is 6.07 Å². The average molecular weight is 299 g/mol. The van der Waals surface area contributed by atoms with E-state index < -0.39 is 19.8 Å². The molecule has 0 N–H and O–H groups in total. The van der Waals surface area contributed by atoms with Crippen LogP contribution in [0.3, 0.4) is 0 Å². The predicted octanol–water partition coefficient (Wildman–Crippen LogP) is 2.39. The summed E-state index contributed by atoms with van der Waals surface area (Å²) in [6, 6.07) is 3.95. The lowest BCUT2D eigenvalue weighted by atomic mass is 10.2. The van der Waals surface area contributed by atoms with Gasteiger partial charge in [-0.2, -0.15) is 5.26 Å². The fourth-order valence-electron chi connectivity index (χ4n) is 0.858. The summed E-state index contributed by atoms with van der Waals surface area (Å²) in [5.74, 6) is -1.06. The van der Waals surface area contributed by atoms with Crippen LogP contribution in [0.4, 0.5) is 4.39 Å². The first-order chi connectivity index (χ1) is 6.38. The third kappa shape index (κ3) is 2.05. The summed E-state index contributed by atoms with van der Waals surface area (Å²) in [4.78, 5) is -0.795. The highest BCUT2D eigenvalue weighted by Gasteiger charge is 2.22. The Morgan fingerprint density at radius 2 is 2.07 bits per heavy atom. The van der Waals surface area contributed by atoms with Gasteiger partial charge in [0.2, 0.25) is 0 Å². The van der Waals surface area contributed by atoms with Crippen LogP contribution in [0.5, 0.6) is 0 Å². The van der Waals surface area contributed by atoms with Crippen LogP contribution in [0.2, 0.25) is 0 Å². The van der Waals surface area contributed by atoms with Crippen molar-refractivity contribution in [2.75, 3.05) is 0 Å². The molecule has 7 heteroatoms. The second kappa shape index (κ2) is 3.85. The lowest BCUT2D eigenvalue weighted by Crippen LogP contribution is -2.00. The molecule has 0 unspecified atom stereocenters. The van der Waals surface area contributed by atoms with Crippen LogP contribution >= 0.6 is 26.6 Å². The first-order valence-electron chi connectivity index (χ1n) is 3.20. The van der Waals surface area contributed by atoms with Crippen LogP contribution in [0.1, 0.15) is 5.56 Å². The highest BCUT2D eigenvalue weighted by Crippen LogP contribution is 2.28. The Morgan fingerprint density at radius 3 is 2.50 bits per heavy atom. The molecule has 0 saturated heterocycles. The third-order valence-electron chi connectivity index (χ3n) is 1.41. The molecule has 0 atom stereocenters. The quantitative estimate of drug-likeness (QED) is 0.748. The van der Waals surface area contributed by atoms with Gasteiger partial charge in [0.15, 0.2) is 5.82 Å². The predicted molar refractivity (Wildman–Crippen MR) is 51.9 cm³/mol. The Bertz CT molecular complexity index is 523. The number of nitriles is 1. The molecule has 14 heavy (non-hydrogen) atoms. The molecule has 0 heterocycles. The molecule has 0 fully saturated rings. The van der Waals surface area contributed by atoms with Gasteiger partial charge in [-0.15, -0.1) is 0 Å². The van der Waals surface area contributed by atoms with Crippen LogP contribution in [0.25, 0.3) is 0 Å². The summed E-state index contributed by atoms with van der Waals surface area (Å²) >= 11 is 2.79. The largest absolute Gasteiger partial charge is 0.265 e. The van der Waals surface area contributed by atoms with Gasteiger partial charge in [-0.1, -0.05) is 0 Å². The molecule has 0 aliphatic rings. The molecule has 1 aromatic carbocycles. The number of rotatable bonds is 1. The van der Waals surface area contributed by atoms with Crippen molar-refractivity contribution in [3.63, 3.8) is 0 Å². The third-order valence-corrected chi connectivity index (χ3v) is 3.38. The van der Waals surface area contributed by atoms with Gasteiger partial charge in [-0.3, -0.25) is 0 Å². The lowest BCUT2D eigenvalue weighted by molar-refractivity contribution is 0.570. The van der Waals surface area contributed by atoms with Gasteiger partial charge >= 0.3 is 0 Å². The normalized spacial score (nSPS) is 11.0. The summed E-state index contributed by atoms with van der Waals surface area (Å²) in [6.45, 7) is 0. The van der Waals surface area contributed by atoms with Gasteiger partial charge < -0.3 is 0 Å². The van der Waals surface area contributed by atoms with Crippen molar-refractivity contribution in [1.82, 2.24) is 0 Å². The fourth-order valence-corrected chi connectivity index (χ4v) is 2.47. The van der Waals surface area contributed by atoms with E-state index in [1.54, 1.807) is 6.07 Å². The molecule has 74 valence electrons. The van der Waals surface area contributed by atoms with Gasteiger partial charge in [0.25, 0.3) is 9.05 Å². The van der Waals surface area contributed by atoms with Crippen LogP contribution < -0.4 is 0 Å². The average Bonchev–Trinajstić information content (AvgIpc) is 2.07. The van der Waals surface area contributed by atoms with Crippen molar-refractivity contribution in [1.29, 1.82) is 5.26 Å². The maximum atomic E-state index is 13.3. The molecule has 1 aromatic rings. The van der Waals surface area contributed by atoms with E-state index in [9.17, 15) is 12.8 Å². The molecule has 0 spiro atoms. The lowest BCUT2D eigenvalue weighted by Gasteiger charge is -2.02. The van der Waals surface area contributed by atoms with Gasteiger partial charge in [0.1, 0.15) is 11.0 Å². The standard InChI is InChI=1S/C7H2BrClFNO2S/c8-5-2-1-4(3-11)7(6(5)10)14(9,12)13/h1-2H. The van der Waals surface area contributed by atoms with Crippen molar-refractivity contribution in [2.45, 2.75) is 4.90 Å². The van der Waals surface area contributed by atoms with Crippen LogP contribution in [-0.4, -0.2) is 8.42 Å². The maximum Gasteiger partial charge on any atom is 0.265 e. The first kappa shape index (κ1) is 11.4. The zero-order chi connectivity index (χ0) is 10.9. The minimum Gasteiger partial charge on any atom is -0.207 e. The maximum absolute atomic E-state index is 13.3. The van der Waals surface area contributed by atoms with Crippen molar-refractivity contribution in [3.05, 3.63) is 28.0 Å². The SMILES string of the molecule is N#Cc1ccc(Br)c(F)c1S(=O)(=O)Cl. The first-order valence-corrected chi connectivity index (χ1v) is 6.31. The second-order valence-electron chi connectivity index (χ2n) is 2.29. The number of halogens is 3. The molecule has 0 aliphatic heterocycles. The number of nitrogens with zero attached hydrogens (tertiary/aromatic N) is 1. The molecule has 1 rings (SSSR count). The van der Waals surface area contributed by atoms with Gasteiger partial charge in [0.05, 0.1) is 10.0 Å². The Hall–Kier alpha value is -0.640. The minimum atomic E-state index is -4.25. The minimum absolute atomic E-state index is 0.0595. The van der Waals surface area contributed by atoms with Gasteiger partial charge in [0, 0.05) is 10.7 Å². The molecule has 0 aromatic heterocycles. The molecular formula is C7H2BrClFNO2S. The highest BCUT2D eigenvalue weighted by molar-refractivity contribution is 9.10. The van der Waals surface area contributed by atoms with E-state index in [1.165, 1.54) is 12.1 Å². The summed E-state index contributed by atoms with van der Waals surface area (Å²) in [5, 5.41) is 8.54. The van der Waals surface area contributed by atoms with Crippen LogP contribution in [0.15, 0.2) is 21.5 Å². The van der Waals surface area contributed by atoms with E-state index in [0.717, 1.165) is 0 Å². The number of hydrogen-bond acceptors (Lipinski definition) is 3. The molecule has 3 nitrogen and oxygen atoms in total. The van der Waals surface area contributed by atoms with Gasteiger partial charge in [-0.25, -0.2) is 12.8 Å². The van der Waals surface area contributed by atoms with Crippen molar-refractivity contribution < 1.29 is 12.8 Å². The molecule has 0 bridgehead atoms. The van der Waals surface area contributed by atoms with Gasteiger partial charge in [-0.05, 0) is 28.1 Å². The summed E-state index contributed by atoms with van der Waals surface area (Å²) < 4.78 is 35.1. The Morgan fingerprint density at radius 1 is 1.50 bits per heavy atom. The van der Waals surface area contributed by atoms with E-state index >= 15 is 0 Å². The number of benzene rings is 1. The Kier molecular flexibility index (Phi) is 3.14. The molecule has 0 amide bonds. The van der Waals surface area contributed by atoms with Crippen LogP contribution in [-0.2, 0) is 9.05 Å². The zero-order valence-electron chi connectivity index (χ0n) is 6.46. The van der Waals surface area contributed by atoms with Crippen molar-refractivity contribution in [2.24, 2.45) is 0 Å². The smallest absolute Gasteiger partial charge is 0.207 e. The zero-order valence-corrected chi connectivity index (χ0v) is 9.62. The molecule has 0 radical (unpaired) electrons. The van der Waals surface area contributed by atoms with E-state index in [1.807, 2.05) is 0 Å². The summed E-state index contributed by atoms with van der Waals surface area (Å²) in [7, 11) is 0.726. The van der Waals surface area contributed by atoms with E-state index in [2.05, 4.69) is 15.9 Å². The van der Waals surface area contributed by atoms with E-state index in [4.69, 9.17) is 15.9 Å². The Labute approximate surface area is 92.7 Å². The fraction of sp³-hybridized carbons (Fsp3) is 0. The topological polar surface area (TPSA) is 57.9 Å². The van der Waals surface area contributed by atoms with Crippen molar-refractivity contribution >= 4 is 35.7 Å². The molecule has 0 saturated carbocycles. The van der Waals surface area contributed by atoms with E-state index in [-0.39, 0.29) is 10.0 Å². The summed E-state index contributed by atoms with van der Waals surface area (Å²) in [6.07, 6.45) is 0. The molecule has 0 aliphatic carbocycles. The summed E-state index contributed by atoms with van der Waals surface area (Å²) in [5.41, 5.74) is -0.319. The number of hydrogen-bond donors (Lipinski definition) is 0. The second-order valence-corrected chi connectivity index (χ2v) is 5.64.